The molecule has 0 aliphatic carbocycles. The van der Waals surface area contributed by atoms with E-state index in [1.165, 1.54) is 12.1 Å². The van der Waals surface area contributed by atoms with E-state index in [-0.39, 0.29) is 27.7 Å². The van der Waals surface area contributed by atoms with Gasteiger partial charge in [-0.3, -0.25) is 0 Å². The Kier molecular flexibility index (Phi) is 5.80. The highest BCUT2D eigenvalue weighted by Crippen LogP contribution is 2.34. The van der Waals surface area contributed by atoms with E-state index in [2.05, 4.69) is 10.3 Å². The molecule has 158 valence electrons. The quantitative estimate of drug-likeness (QED) is 0.353. The maximum Gasteiger partial charge on any atom is 0.234 e. The summed E-state index contributed by atoms with van der Waals surface area (Å²) < 4.78 is 45.7. The van der Waals surface area contributed by atoms with Crippen LogP contribution in [0.25, 0.3) is 11.5 Å². The number of rotatable bonds is 6. The highest BCUT2D eigenvalue weighted by Gasteiger charge is 2.29. The molecule has 8 heteroatoms. The lowest BCUT2D eigenvalue weighted by atomic mass is 10.1. The first kappa shape index (κ1) is 21.1. The number of nitrogens with zero attached hydrogens (tertiary/aromatic N) is 1. The molecule has 1 N–H and O–H groups in total. The van der Waals surface area contributed by atoms with E-state index >= 15 is 0 Å². The van der Waals surface area contributed by atoms with Gasteiger partial charge in [0, 0.05) is 10.6 Å². The zero-order valence-electron chi connectivity index (χ0n) is 16.4. The largest absolute Gasteiger partial charge is 0.419 e. The minimum atomic E-state index is -4.07. The molecule has 4 rings (SSSR count). The highest BCUT2D eigenvalue weighted by atomic mass is 35.5. The molecule has 0 amide bonds. The minimum Gasteiger partial charge on any atom is -0.419 e. The van der Waals surface area contributed by atoms with E-state index in [1.54, 1.807) is 24.3 Å². The molecule has 1 atom stereocenters. The highest BCUT2D eigenvalue weighted by molar-refractivity contribution is 7.91. The number of benzene rings is 3. The van der Waals surface area contributed by atoms with Gasteiger partial charge in [0.05, 0.1) is 10.9 Å². The average Bonchev–Trinajstić information content (AvgIpc) is 3.20. The minimum absolute atomic E-state index is 0.00521. The summed E-state index contributed by atoms with van der Waals surface area (Å²) in [6.07, 6.45) is 0. The summed E-state index contributed by atoms with van der Waals surface area (Å²) in [4.78, 5) is 4.19. The van der Waals surface area contributed by atoms with Crippen LogP contribution in [0.5, 0.6) is 0 Å². The smallest absolute Gasteiger partial charge is 0.234 e. The molecule has 1 heterocycles. The number of sulfone groups is 1. The van der Waals surface area contributed by atoms with Crippen molar-refractivity contribution in [2.75, 3.05) is 5.32 Å². The van der Waals surface area contributed by atoms with Crippen molar-refractivity contribution in [3.63, 3.8) is 0 Å². The second kappa shape index (κ2) is 8.53. The standard InChI is InChI=1S/C23H18ClFN2O3S/c1-15(16-5-3-2-4-6-16)26-22-23(31(28,29)20-13-11-19(25)12-14-20)27-21(30-22)17-7-9-18(24)10-8-17/h2-15,26H,1H3. The molecule has 0 spiro atoms. The van der Waals surface area contributed by atoms with Crippen molar-refractivity contribution >= 4 is 27.3 Å². The van der Waals surface area contributed by atoms with Gasteiger partial charge < -0.3 is 9.73 Å². The van der Waals surface area contributed by atoms with E-state index < -0.39 is 15.7 Å². The Morgan fingerprint density at radius 1 is 0.968 bits per heavy atom. The van der Waals surface area contributed by atoms with E-state index in [9.17, 15) is 12.8 Å². The van der Waals surface area contributed by atoms with Crippen LogP contribution in [0.2, 0.25) is 5.02 Å². The number of hydrogen-bond donors (Lipinski definition) is 1. The normalized spacial score (nSPS) is 12.5. The van der Waals surface area contributed by atoms with Gasteiger partial charge in [-0.15, -0.1) is 0 Å². The molecule has 0 aliphatic heterocycles. The Bertz CT molecular complexity index is 1290. The molecule has 0 aliphatic rings. The van der Waals surface area contributed by atoms with Crippen LogP contribution in [0.4, 0.5) is 10.3 Å². The number of nitrogens with one attached hydrogen (secondary N) is 1. The molecule has 0 radical (unpaired) electrons. The zero-order valence-corrected chi connectivity index (χ0v) is 18.0. The van der Waals surface area contributed by atoms with Gasteiger partial charge in [0.25, 0.3) is 0 Å². The predicted molar refractivity (Wildman–Crippen MR) is 117 cm³/mol. The predicted octanol–water partition coefficient (Wildman–Crippen LogP) is 6.14. The van der Waals surface area contributed by atoms with Gasteiger partial charge >= 0.3 is 0 Å². The van der Waals surface area contributed by atoms with Crippen LogP contribution in [0, 0.1) is 5.82 Å². The molecular formula is C23H18ClFN2O3S. The molecule has 3 aromatic carbocycles. The average molecular weight is 457 g/mol. The van der Waals surface area contributed by atoms with Crippen LogP contribution in [-0.2, 0) is 9.84 Å². The van der Waals surface area contributed by atoms with E-state index in [0.29, 0.717) is 10.6 Å². The summed E-state index contributed by atoms with van der Waals surface area (Å²) in [6, 6.07) is 20.5. The Balaban J connectivity index is 1.80. The van der Waals surface area contributed by atoms with Gasteiger partial charge in [0.1, 0.15) is 5.82 Å². The van der Waals surface area contributed by atoms with Crippen LogP contribution in [0.1, 0.15) is 18.5 Å². The summed E-state index contributed by atoms with van der Waals surface area (Å²) in [5, 5.41) is 3.37. The molecule has 0 saturated heterocycles. The summed E-state index contributed by atoms with van der Waals surface area (Å²) in [7, 11) is -4.07. The number of anilines is 1. The molecule has 4 aromatic rings. The Morgan fingerprint density at radius 3 is 2.26 bits per heavy atom. The lowest BCUT2D eigenvalue weighted by Gasteiger charge is -2.14. The fraction of sp³-hybridized carbons (Fsp3) is 0.0870. The second-order valence-corrected chi connectivity index (χ2v) is 9.20. The monoisotopic (exact) mass is 456 g/mol. The molecule has 5 nitrogen and oxygen atoms in total. The van der Waals surface area contributed by atoms with Gasteiger partial charge in [-0.2, -0.15) is 4.98 Å². The lowest BCUT2D eigenvalue weighted by molar-refractivity contribution is 0.570. The van der Waals surface area contributed by atoms with Crippen LogP contribution in [0.3, 0.4) is 0 Å². The summed E-state index contributed by atoms with van der Waals surface area (Å²) in [6.45, 7) is 1.88. The van der Waals surface area contributed by atoms with Gasteiger partial charge in [-0.25, -0.2) is 12.8 Å². The van der Waals surface area contributed by atoms with Crippen molar-refractivity contribution < 1.29 is 17.2 Å². The summed E-state index contributed by atoms with van der Waals surface area (Å²) >= 11 is 5.95. The number of oxazole rings is 1. The van der Waals surface area contributed by atoms with E-state index in [1.807, 2.05) is 37.3 Å². The Labute approximate surface area is 184 Å². The molecule has 31 heavy (non-hydrogen) atoms. The van der Waals surface area contributed by atoms with Crippen molar-refractivity contribution in [3.8, 4) is 11.5 Å². The molecule has 1 aromatic heterocycles. The number of hydrogen-bond acceptors (Lipinski definition) is 5. The molecular weight excluding hydrogens is 439 g/mol. The SMILES string of the molecule is CC(Nc1oc(-c2ccc(Cl)cc2)nc1S(=O)(=O)c1ccc(F)cc1)c1ccccc1. The molecule has 0 bridgehead atoms. The fourth-order valence-corrected chi connectivity index (χ4v) is 4.43. The summed E-state index contributed by atoms with van der Waals surface area (Å²) in [5.74, 6) is -0.400. The lowest BCUT2D eigenvalue weighted by Crippen LogP contribution is -2.10. The maximum atomic E-state index is 13.3. The number of halogens is 2. The summed E-state index contributed by atoms with van der Waals surface area (Å²) in [5.41, 5.74) is 1.51. The third kappa shape index (κ3) is 4.47. The maximum absolute atomic E-state index is 13.3. The van der Waals surface area contributed by atoms with Gasteiger partial charge in [-0.05, 0) is 61.0 Å². The van der Waals surface area contributed by atoms with Crippen LogP contribution in [-0.4, -0.2) is 13.4 Å². The molecule has 0 saturated carbocycles. The van der Waals surface area contributed by atoms with Crippen molar-refractivity contribution in [3.05, 3.63) is 95.3 Å². The van der Waals surface area contributed by atoms with Gasteiger partial charge in [-0.1, -0.05) is 41.9 Å². The van der Waals surface area contributed by atoms with Crippen molar-refractivity contribution in [2.45, 2.75) is 22.9 Å². The molecule has 0 fully saturated rings. The third-order valence-corrected chi connectivity index (χ3v) is 6.64. The molecule has 1 unspecified atom stereocenters. The van der Waals surface area contributed by atoms with E-state index in [4.69, 9.17) is 16.0 Å². The fourth-order valence-electron chi connectivity index (χ4n) is 3.04. The third-order valence-electron chi connectivity index (χ3n) is 4.71. The van der Waals surface area contributed by atoms with Gasteiger partial charge in [0.15, 0.2) is 0 Å². The van der Waals surface area contributed by atoms with Crippen LogP contribution >= 0.6 is 11.6 Å². The Morgan fingerprint density at radius 2 is 1.61 bits per heavy atom. The topological polar surface area (TPSA) is 72.2 Å². The van der Waals surface area contributed by atoms with Crippen molar-refractivity contribution in [1.82, 2.24) is 4.98 Å². The first-order valence-electron chi connectivity index (χ1n) is 9.43. The van der Waals surface area contributed by atoms with Crippen LogP contribution < -0.4 is 5.32 Å². The van der Waals surface area contributed by atoms with Crippen molar-refractivity contribution in [1.29, 1.82) is 0 Å². The second-order valence-electron chi connectivity index (χ2n) is 6.89. The van der Waals surface area contributed by atoms with Crippen LogP contribution in [0.15, 0.2) is 93.2 Å². The Hall–Kier alpha value is -3.16. The van der Waals surface area contributed by atoms with E-state index in [0.717, 1.165) is 17.7 Å². The first-order valence-corrected chi connectivity index (χ1v) is 11.3. The van der Waals surface area contributed by atoms with Crippen molar-refractivity contribution in [2.24, 2.45) is 0 Å². The first-order chi connectivity index (χ1) is 14.8. The number of aromatic nitrogens is 1. The van der Waals surface area contributed by atoms with Gasteiger partial charge in [0.2, 0.25) is 26.6 Å². The zero-order chi connectivity index (χ0) is 22.0.